The minimum absolute atomic E-state index is 0.682. The fraction of sp³-hybridized carbons (Fsp3) is 0.478. The van der Waals surface area contributed by atoms with Gasteiger partial charge in [0.1, 0.15) is 5.82 Å². The molecule has 3 heterocycles. The Kier molecular flexibility index (Phi) is 6.58. The van der Waals surface area contributed by atoms with Crippen molar-refractivity contribution in [2.45, 2.75) is 20.3 Å². The van der Waals surface area contributed by atoms with Gasteiger partial charge >= 0.3 is 0 Å². The van der Waals surface area contributed by atoms with Crippen molar-refractivity contribution in [2.75, 3.05) is 58.9 Å². The van der Waals surface area contributed by atoms with Crippen LogP contribution in [-0.2, 0) is 4.74 Å². The van der Waals surface area contributed by atoms with E-state index >= 15 is 0 Å². The molecule has 1 fully saturated rings. The highest BCUT2D eigenvalue weighted by atomic mass is 16.5. The van der Waals surface area contributed by atoms with Crippen molar-refractivity contribution >= 4 is 11.5 Å². The summed E-state index contributed by atoms with van der Waals surface area (Å²) < 4.78 is 18.2. The standard InChI is InChI=1S/C23H31N5O3/c1-16-14-21(24-8-5-9-27-10-12-31-13-11-27)28-23(25-16)17(2)22(26-28)18-6-7-19(29-3)20(15-18)30-4/h6-7,14-15,24H,5,8-13H2,1-4H3. The molecular formula is C23H31N5O3. The zero-order valence-corrected chi connectivity index (χ0v) is 18.8. The normalized spacial score (nSPS) is 14.7. The van der Waals surface area contributed by atoms with Crippen LogP contribution in [0.1, 0.15) is 17.7 Å². The van der Waals surface area contributed by atoms with Gasteiger partial charge in [-0.3, -0.25) is 4.90 Å². The third-order valence-electron chi connectivity index (χ3n) is 5.67. The van der Waals surface area contributed by atoms with E-state index in [0.717, 1.165) is 79.8 Å². The summed E-state index contributed by atoms with van der Waals surface area (Å²) in [7, 11) is 3.28. The maximum absolute atomic E-state index is 5.47. The summed E-state index contributed by atoms with van der Waals surface area (Å²) in [5, 5.41) is 8.45. The Hall–Kier alpha value is -2.84. The molecule has 0 unspecified atom stereocenters. The second-order valence-electron chi connectivity index (χ2n) is 7.80. The van der Waals surface area contributed by atoms with E-state index in [2.05, 4.69) is 17.1 Å². The Morgan fingerprint density at radius 2 is 1.84 bits per heavy atom. The van der Waals surface area contributed by atoms with Gasteiger partial charge in [0.15, 0.2) is 17.1 Å². The van der Waals surface area contributed by atoms with Crippen molar-refractivity contribution in [2.24, 2.45) is 0 Å². The number of methoxy groups -OCH3 is 2. The van der Waals surface area contributed by atoms with Gasteiger partial charge in [-0.2, -0.15) is 9.61 Å². The van der Waals surface area contributed by atoms with Gasteiger partial charge in [0.05, 0.1) is 33.1 Å². The summed E-state index contributed by atoms with van der Waals surface area (Å²) in [5.74, 6) is 2.34. The highest BCUT2D eigenvalue weighted by Gasteiger charge is 2.17. The van der Waals surface area contributed by atoms with Crippen LogP contribution in [0.4, 0.5) is 5.82 Å². The molecular weight excluding hydrogens is 394 g/mol. The van der Waals surface area contributed by atoms with Crippen molar-refractivity contribution in [3.05, 3.63) is 35.5 Å². The zero-order chi connectivity index (χ0) is 21.8. The molecule has 8 nitrogen and oxygen atoms in total. The van der Waals surface area contributed by atoms with Crippen LogP contribution in [0.5, 0.6) is 11.5 Å². The molecule has 4 rings (SSSR count). The van der Waals surface area contributed by atoms with E-state index in [-0.39, 0.29) is 0 Å². The highest BCUT2D eigenvalue weighted by molar-refractivity contribution is 5.73. The smallest absolute Gasteiger partial charge is 0.161 e. The maximum atomic E-state index is 5.47. The van der Waals surface area contributed by atoms with E-state index in [1.165, 1.54) is 0 Å². The van der Waals surface area contributed by atoms with Crippen LogP contribution in [0.25, 0.3) is 16.9 Å². The maximum Gasteiger partial charge on any atom is 0.161 e. The molecule has 0 saturated carbocycles. The summed E-state index contributed by atoms with van der Waals surface area (Å²) in [5.41, 5.74) is 4.71. The molecule has 0 bridgehead atoms. The van der Waals surface area contributed by atoms with E-state index in [9.17, 15) is 0 Å². The molecule has 1 aromatic carbocycles. The van der Waals surface area contributed by atoms with E-state index in [4.69, 9.17) is 24.3 Å². The SMILES string of the molecule is COc1ccc(-c2nn3c(NCCCN4CCOCC4)cc(C)nc3c2C)cc1OC. The van der Waals surface area contributed by atoms with Crippen molar-refractivity contribution in [3.8, 4) is 22.8 Å². The lowest BCUT2D eigenvalue weighted by Gasteiger charge is -2.26. The first-order valence-corrected chi connectivity index (χ1v) is 10.7. The van der Waals surface area contributed by atoms with Gasteiger partial charge in [-0.1, -0.05) is 0 Å². The van der Waals surface area contributed by atoms with Crippen LogP contribution in [-0.4, -0.2) is 73.1 Å². The third kappa shape index (κ3) is 4.60. The first-order valence-electron chi connectivity index (χ1n) is 10.7. The molecule has 1 aliphatic heterocycles. The summed E-state index contributed by atoms with van der Waals surface area (Å²) in [6.07, 6.45) is 1.06. The lowest BCUT2D eigenvalue weighted by molar-refractivity contribution is 0.0378. The average Bonchev–Trinajstić information content (AvgIpc) is 3.13. The van der Waals surface area contributed by atoms with E-state index in [1.807, 2.05) is 35.7 Å². The molecule has 0 amide bonds. The summed E-state index contributed by atoms with van der Waals surface area (Å²) >= 11 is 0. The molecule has 8 heteroatoms. The van der Waals surface area contributed by atoms with Gasteiger partial charge in [-0.25, -0.2) is 4.98 Å². The van der Waals surface area contributed by atoms with E-state index in [0.29, 0.717) is 11.5 Å². The van der Waals surface area contributed by atoms with Crippen LogP contribution in [0.15, 0.2) is 24.3 Å². The summed E-state index contributed by atoms with van der Waals surface area (Å²) in [6.45, 7) is 9.73. The van der Waals surface area contributed by atoms with Crippen LogP contribution in [0.3, 0.4) is 0 Å². The number of rotatable bonds is 8. The number of hydrogen-bond acceptors (Lipinski definition) is 7. The zero-order valence-electron chi connectivity index (χ0n) is 18.8. The average molecular weight is 426 g/mol. The lowest BCUT2D eigenvalue weighted by atomic mass is 10.1. The summed E-state index contributed by atoms with van der Waals surface area (Å²) in [6, 6.07) is 7.90. The second kappa shape index (κ2) is 9.53. The topological polar surface area (TPSA) is 73.2 Å². The Morgan fingerprint density at radius 1 is 1.06 bits per heavy atom. The Balaban J connectivity index is 1.56. The fourth-order valence-electron chi connectivity index (χ4n) is 3.97. The van der Waals surface area contributed by atoms with Crippen molar-refractivity contribution in [3.63, 3.8) is 0 Å². The Labute approximate surface area is 183 Å². The van der Waals surface area contributed by atoms with Crippen LogP contribution in [0.2, 0.25) is 0 Å². The van der Waals surface area contributed by atoms with Crippen LogP contribution >= 0.6 is 0 Å². The van der Waals surface area contributed by atoms with Crippen LogP contribution in [0, 0.1) is 13.8 Å². The first-order chi connectivity index (χ1) is 15.1. The van der Waals surface area contributed by atoms with E-state index in [1.54, 1.807) is 14.2 Å². The number of aryl methyl sites for hydroxylation is 2. The first kappa shape index (κ1) is 21.4. The third-order valence-corrected chi connectivity index (χ3v) is 5.67. The molecule has 0 spiro atoms. The molecule has 31 heavy (non-hydrogen) atoms. The molecule has 0 aliphatic carbocycles. The quantitative estimate of drug-likeness (QED) is 0.556. The number of hydrogen-bond donors (Lipinski definition) is 1. The van der Waals surface area contributed by atoms with Crippen molar-refractivity contribution in [1.29, 1.82) is 0 Å². The number of fused-ring (bicyclic) bond motifs is 1. The Bertz CT molecular complexity index is 1040. The highest BCUT2D eigenvalue weighted by Crippen LogP contribution is 2.34. The monoisotopic (exact) mass is 425 g/mol. The summed E-state index contributed by atoms with van der Waals surface area (Å²) in [4.78, 5) is 7.19. The number of aromatic nitrogens is 3. The minimum Gasteiger partial charge on any atom is -0.493 e. The van der Waals surface area contributed by atoms with Gasteiger partial charge < -0.3 is 19.5 Å². The predicted octanol–water partition coefficient (Wildman–Crippen LogP) is 3.16. The van der Waals surface area contributed by atoms with Crippen molar-refractivity contribution < 1.29 is 14.2 Å². The number of benzene rings is 1. The number of morpholine rings is 1. The van der Waals surface area contributed by atoms with Gasteiger partial charge in [0.25, 0.3) is 0 Å². The number of ether oxygens (including phenoxy) is 3. The molecule has 0 radical (unpaired) electrons. The fourth-order valence-corrected chi connectivity index (χ4v) is 3.97. The van der Waals surface area contributed by atoms with Gasteiger partial charge in [0.2, 0.25) is 0 Å². The predicted molar refractivity (Wildman–Crippen MR) is 121 cm³/mol. The molecule has 1 aliphatic rings. The number of anilines is 1. The minimum atomic E-state index is 0.682. The van der Waals surface area contributed by atoms with E-state index < -0.39 is 0 Å². The lowest BCUT2D eigenvalue weighted by Crippen LogP contribution is -2.37. The molecule has 1 saturated heterocycles. The van der Waals surface area contributed by atoms with Gasteiger partial charge in [-0.15, -0.1) is 0 Å². The largest absolute Gasteiger partial charge is 0.493 e. The molecule has 3 aromatic rings. The second-order valence-corrected chi connectivity index (χ2v) is 7.80. The van der Waals surface area contributed by atoms with Crippen molar-refractivity contribution in [1.82, 2.24) is 19.5 Å². The molecule has 0 atom stereocenters. The van der Waals surface area contributed by atoms with Gasteiger partial charge in [0, 0.05) is 42.5 Å². The van der Waals surface area contributed by atoms with Crippen LogP contribution < -0.4 is 14.8 Å². The Morgan fingerprint density at radius 3 is 2.58 bits per heavy atom. The molecule has 2 aromatic heterocycles. The van der Waals surface area contributed by atoms with Gasteiger partial charge in [-0.05, 0) is 45.0 Å². The number of nitrogens with one attached hydrogen (secondary N) is 1. The number of nitrogens with zero attached hydrogens (tertiary/aromatic N) is 4. The molecule has 1 N–H and O–H groups in total. The molecule has 166 valence electrons.